The molecule has 1 N–H and O–H groups in total. The Morgan fingerprint density at radius 1 is 1.33 bits per heavy atom. The maximum atomic E-state index is 12.2. The van der Waals surface area contributed by atoms with Crippen molar-refractivity contribution in [1.29, 1.82) is 0 Å². The molecule has 0 radical (unpaired) electrons. The number of hydrogen-bond donors (Lipinski definition) is 1. The SMILES string of the molecule is CCOC(=O)c1nn(-c2ccccc2)cc1CN(C)CC(C)(C)O. The Kier molecular flexibility index (Phi) is 5.75. The number of nitrogens with zero attached hydrogens (tertiary/aromatic N) is 3. The van der Waals surface area contributed by atoms with Gasteiger partial charge in [0.05, 0.1) is 17.9 Å². The summed E-state index contributed by atoms with van der Waals surface area (Å²) in [6, 6.07) is 9.61. The highest BCUT2D eigenvalue weighted by molar-refractivity contribution is 5.88. The Bertz CT molecular complexity index is 675. The first-order valence-electron chi connectivity index (χ1n) is 8.02. The molecule has 0 aliphatic rings. The summed E-state index contributed by atoms with van der Waals surface area (Å²) in [6.45, 7) is 6.55. The molecule has 0 bridgehead atoms. The molecule has 6 heteroatoms. The topological polar surface area (TPSA) is 67.6 Å². The molecule has 24 heavy (non-hydrogen) atoms. The van der Waals surface area contributed by atoms with Gasteiger partial charge in [0, 0.05) is 24.8 Å². The van der Waals surface area contributed by atoms with Gasteiger partial charge in [-0.2, -0.15) is 5.10 Å². The third kappa shape index (κ3) is 4.91. The fourth-order valence-corrected chi connectivity index (χ4v) is 2.62. The summed E-state index contributed by atoms with van der Waals surface area (Å²) >= 11 is 0. The highest BCUT2D eigenvalue weighted by Crippen LogP contribution is 2.16. The van der Waals surface area contributed by atoms with Gasteiger partial charge < -0.3 is 9.84 Å². The predicted octanol–water partition coefficient (Wildman–Crippen LogP) is 2.25. The first-order chi connectivity index (χ1) is 11.3. The van der Waals surface area contributed by atoms with Gasteiger partial charge in [0.2, 0.25) is 0 Å². The summed E-state index contributed by atoms with van der Waals surface area (Å²) in [7, 11) is 1.90. The highest BCUT2D eigenvalue weighted by atomic mass is 16.5. The van der Waals surface area contributed by atoms with Crippen molar-refractivity contribution >= 4 is 5.97 Å². The molecule has 2 rings (SSSR count). The number of esters is 1. The lowest BCUT2D eigenvalue weighted by Crippen LogP contribution is -2.36. The van der Waals surface area contributed by atoms with Crippen LogP contribution in [0.25, 0.3) is 5.69 Å². The normalized spacial score (nSPS) is 11.8. The van der Waals surface area contributed by atoms with Gasteiger partial charge in [-0.3, -0.25) is 4.90 Å². The van der Waals surface area contributed by atoms with Crippen LogP contribution in [0, 0.1) is 0 Å². The molecule has 0 aliphatic heterocycles. The van der Waals surface area contributed by atoms with Crippen LogP contribution in [0.1, 0.15) is 36.8 Å². The number of ether oxygens (including phenoxy) is 1. The van der Waals surface area contributed by atoms with E-state index in [0.29, 0.717) is 25.4 Å². The Balaban J connectivity index is 2.30. The van der Waals surface area contributed by atoms with Gasteiger partial charge in [-0.1, -0.05) is 18.2 Å². The monoisotopic (exact) mass is 331 g/mol. The van der Waals surface area contributed by atoms with Crippen LogP contribution in [0.3, 0.4) is 0 Å². The number of aromatic nitrogens is 2. The first-order valence-corrected chi connectivity index (χ1v) is 8.02. The van der Waals surface area contributed by atoms with Gasteiger partial charge in [0.1, 0.15) is 0 Å². The standard InChI is InChI=1S/C18H25N3O3/c1-5-24-17(22)16-14(11-20(4)13-18(2,3)23)12-21(19-16)15-9-7-6-8-10-15/h6-10,12,23H,5,11,13H2,1-4H3. The van der Waals surface area contributed by atoms with E-state index in [9.17, 15) is 9.90 Å². The summed E-state index contributed by atoms with van der Waals surface area (Å²) in [5.74, 6) is -0.432. The molecule has 0 aliphatic carbocycles. The Hall–Kier alpha value is -2.18. The average molecular weight is 331 g/mol. The van der Waals surface area contributed by atoms with Crippen molar-refractivity contribution in [3.05, 3.63) is 47.8 Å². The van der Waals surface area contributed by atoms with Crippen molar-refractivity contribution in [2.24, 2.45) is 0 Å². The van der Waals surface area contributed by atoms with Crippen LogP contribution in [0.5, 0.6) is 0 Å². The number of carbonyl (C=O) groups is 1. The van der Waals surface area contributed by atoms with E-state index in [1.165, 1.54) is 0 Å². The third-order valence-electron chi connectivity index (χ3n) is 3.38. The molecule has 0 atom stereocenters. The molecule has 0 unspecified atom stereocenters. The number of likely N-dealkylation sites (N-methyl/N-ethyl adjacent to an activating group) is 1. The van der Waals surface area contributed by atoms with Crippen molar-refractivity contribution in [3.63, 3.8) is 0 Å². The van der Waals surface area contributed by atoms with Crippen LogP contribution in [0.2, 0.25) is 0 Å². The second-order valence-electron chi connectivity index (χ2n) is 6.49. The summed E-state index contributed by atoms with van der Waals surface area (Å²) in [5.41, 5.74) is 1.14. The Morgan fingerprint density at radius 2 is 2.00 bits per heavy atom. The van der Waals surface area contributed by atoms with Crippen LogP contribution in [0.4, 0.5) is 0 Å². The van der Waals surface area contributed by atoms with Crippen molar-refractivity contribution < 1.29 is 14.6 Å². The fraction of sp³-hybridized carbons (Fsp3) is 0.444. The summed E-state index contributed by atoms with van der Waals surface area (Å²) in [6.07, 6.45) is 1.84. The van der Waals surface area contributed by atoms with Crippen LogP contribution >= 0.6 is 0 Å². The molecule has 2 aromatic rings. The third-order valence-corrected chi connectivity index (χ3v) is 3.38. The van der Waals surface area contributed by atoms with E-state index in [2.05, 4.69) is 5.10 Å². The number of para-hydroxylation sites is 1. The molecule has 130 valence electrons. The van der Waals surface area contributed by atoms with Gasteiger partial charge in [0.25, 0.3) is 0 Å². The van der Waals surface area contributed by atoms with E-state index in [1.807, 2.05) is 48.5 Å². The molecule has 0 saturated carbocycles. The number of aliphatic hydroxyl groups is 1. The van der Waals surface area contributed by atoms with E-state index in [-0.39, 0.29) is 0 Å². The Labute approximate surface area is 142 Å². The van der Waals surface area contributed by atoms with Crippen molar-refractivity contribution in [1.82, 2.24) is 14.7 Å². The first kappa shape index (κ1) is 18.2. The van der Waals surface area contributed by atoms with E-state index >= 15 is 0 Å². The molecular weight excluding hydrogens is 306 g/mol. The van der Waals surface area contributed by atoms with Crippen molar-refractivity contribution in [2.45, 2.75) is 32.9 Å². The average Bonchev–Trinajstić information content (AvgIpc) is 2.90. The molecule has 0 amide bonds. The molecule has 0 fully saturated rings. The van der Waals surface area contributed by atoms with Crippen LogP contribution < -0.4 is 0 Å². The minimum Gasteiger partial charge on any atom is -0.461 e. The lowest BCUT2D eigenvalue weighted by Gasteiger charge is -2.25. The summed E-state index contributed by atoms with van der Waals surface area (Å²) in [4.78, 5) is 14.2. The number of benzene rings is 1. The van der Waals surface area contributed by atoms with Crippen molar-refractivity contribution in [2.75, 3.05) is 20.2 Å². The van der Waals surface area contributed by atoms with E-state index in [0.717, 1.165) is 11.3 Å². The molecule has 1 aromatic heterocycles. The van der Waals surface area contributed by atoms with Crippen LogP contribution in [0.15, 0.2) is 36.5 Å². The Morgan fingerprint density at radius 3 is 2.58 bits per heavy atom. The van der Waals surface area contributed by atoms with Gasteiger partial charge in [-0.15, -0.1) is 0 Å². The fourth-order valence-electron chi connectivity index (χ4n) is 2.62. The zero-order chi connectivity index (χ0) is 17.7. The number of rotatable bonds is 7. The molecule has 6 nitrogen and oxygen atoms in total. The smallest absolute Gasteiger partial charge is 0.359 e. The molecule has 1 heterocycles. The number of carbonyl (C=O) groups excluding carboxylic acids is 1. The zero-order valence-electron chi connectivity index (χ0n) is 14.7. The molecule has 0 spiro atoms. The number of hydrogen-bond acceptors (Lipinski definition) is 5. The minimum absolute atomic E-state index is 0.302. The maximum absolute atomic E-state index is 12.2. The van der Waals surface area contributed by atoms with Crippen molar-refractivity contribution in [3.8, 4) is 5.69 Å². The van der Waals surface area contributed by atoms with Gasteiger partial charge >= 0.3 is 5.97 Å². The van der Waals surface area contributed by atoms with Crippen LogP contribution in [-0.4, -0.2) is 51.6 Å². The largest absolute Gasteiger partial charge is 0.461 e. The molecular formula is C18H25N3O3. The van der Waals surface area contributed by atoms with E-state index < -0.39 is 11.6 Å². The maximum Gasteiger partial charge on any atom is 0.359 e. The van der Waals surface area contributed by atoms with E-state index in [1.54, 1.807) is 25.5 Å². The second kappa shape index (κ2) is 7.59. The highest BCUT2D eigenvalue weighted by Gasteiger charge is 2.22. The lowest BCUT2D eigenvalue weighted by molar-refractivity contribution is 0.0421. The lowest BCUT2D eigenvalue weighted by atomic mass is 10.1. The quantitative estimate of drug-likeness (QED) is 0.788. The predicted molar refractivity (Wildman–Crippen MR) is 92.2 cm³/mol. The zero-order valence-corrected chi connectivity index (χ0v) is 14.7. The summed E-state index contributed by atoms with van der Waals surface area (Å²) in [5, 5.41) is 14.4. The van der Waals surface area contributed by atoms with Gasteiger partial charge in [-0.25, -0.2) is 9.48 Å². The van der Waals surface area contributed by atoms with Gasteiger partial charge in [0.15, 0.2) is 5.69 Å². The molecule has 1 aromatic carbocycles. The molecule has 0 saturated heterocycles. The van der Waals surface area contributed by atoms with Crippen LogP contribution in [-0.2, 0) is 11.3 Å². The second-order valence-corrected chi connectivity index (χ2v) is 6.49. The van der Waals surface area contributed by atoms with Gasteiger partial charge in [-0.05, 0) is 40.0 Å². The summed E-state index contributed by atoms with van der Waals surface area (Å²) < 4.78 is 6.80. The van der Waals surface area contributed by atoms with E-state index in [4.69, 9.17) is 4.74 Å². The minimum atomic E-state index is -0.811.